The van der Waals surface area contributed by atoms with Crippen LogP contribution in [0.15, 0.2) is 12.4 Å². The molecule has 1 rings (SSSR count). The SMILES string of the molecule is CCN(CC)CCn1cc(NC(=O)CCNC(C)C)cn1. The molecule has 6 heteroatoms. The summed E-state index contributed by atoms with van der Waals surface area (Å²) in [6, 6.07) is 0.403. The number of anilines is 1. The summed E-state index contributed by atoms with van der Waals surface area (Å²) >= 11 is 0. The summed E-state index contributed by atoms with van der Waals surface area (Å²) in [4.78, 5) is 14.1. The minimum Gasteiger partial charge on any atom is -0.323 e. The summed E-state index contributed by atoms with van der Waals surface area (Å²) in [5.41, 5.74) is 0.768. The molecule has 120 valence electrons. The maximum Gasteiger partial charge on any atom is 0.225 e. The highest BCUT2D eigenvalue weighted by Crippen LogP contribution is 2.05. The minimum absolute atomic E-state index is 0.0199. The first kappa shape index (κ1) is 17.7. The molecule has 0 aliphatic heterocycles. The summed E-state index contributed by atoms with van der Waals surface area (Å²) in [5, 5.41) is 10.4. The maximum atomic E-state index is 11.8. The second kappa shape index (κ2) is 9.52. The van der Waals surface area contributed by atoms with E-state index in [9.17, 15) is 4.79 Å². The van der Waals surface area contributed by atoms with Crippen LogP contribution in [0.3, 0.4) is 0 Å². The smallest absolute Gasteiger partial charge is 0.225 e. The molecule has 1 aromatic rings. The second-order valence-corrected chi connectivity index (χ2v) is 5.43. The molecular weight excluding hydrogens is 266 g/mol. The zero-order chi connectivity index (χ0) is 15.7. The van der Waals surface area contributed by atoms with Gasteiger partial charge in [0.1, 0.15) is 0 Å². The van der Waals surface area contributed by atoms with Crippen LogP contribution in [0, 0.1) is 0 Å². The van der Waals surface area contributed by atoms with Gasteiger partial charge >= 0.3 is 0 Å². The molecule has 2 N–H and O–H groups in total. The Labute approximate surface area is 127 Å². The molecule has 0 radical (unpaired) electrons. The average molecular weight is 295 g/mol. The van der Waals surface area contributed by atoms with Crippen molar-refractivity contribution in [3.8, 4) is 0 Å². The Bertz CT molecular complexity index is 412. The van der Waals surface area contributed by atoms with Crippen LogP contribution in [-0.2, 0) is 11.3 Å². The Hall–Kier alpha value is -1.40. The van der Waals surface area contributed by atoms with Crippen molar-refractivity contribution >= 4 is 11.6 Å². The molecule has 1 amide bonds. The molecule has 0 saturated heterocycles. The lowest BCUT2D eigenvalue weighted by molar-refractivity contribution is -0.116. The van der Waals surface area contributed by atoms with E-state index < -0.39 is 0 Å². The van der Waals surface area contributed by atoms with E-state index in [1.165, 1.54) is 0 Å². The normalized spacial score (nSPS) is 11.3. The number of likely N-dealkylation sites (N-methyl/N-ethyl adjacent to an activating group) is 1. The summed E-state index contributed by atoms with van der Waals surface area (Å²) in [6.45, 7) is 13.0. The minimum atomic E-state index is 0.0199. The number of aromatic nitrogens is 2. The van der Waals surface area contributed by atoms with Crippen LogP contribution in [-0.4, -0.2) is 52.8 Å². The fourth-order valence-electron chi connectivity index (χ4n) is 2.03. The van der Waals surface area contributed by atoms with Gasteiger partial charge in [-0.2, -0.15) is 5.10 Å². The zero-order valence-electron chi connectivity index (χ0n) is 13.7. The van der Waals surface area contributed by atoms with Gasteiger partial charge in [-0.3, -0.25) is 9.48 Å². The fraction of sp³-hybridized carbons (Fsp3) is 0.733. The van der Waals surface area contributed by atoms with Crippen molar-refractivity contribution in [3.05, 3.63) is 12.4 Å². The molecule has 21 heavy (non-hydrogen) atoms. The van der Waals surface area contributed by atoms with Gasteiger partial charge in [0.15, 0.2) is 0 Å². The predicted molar refractivity (Wildman–Crippen MR) is 86.4 cm³/mol. The summed E-state index contributed by atoms with van der Waals surface area (Å²) < 4.78 is 1.88. The van der Waals surface area contributed by atoms with Crippen molar-refractivity contribution in [3.63, 3.8) is 0 Å². The highest BCUT2D eigenvalue weighted by atomic mass is 16.1. The molecule has 0 bridgehead atoms. The van der Waals surface area contributed by atoms with E-state index >= 15 is 0 Å². The number of hydrogen-bond acceptors (Lipinski definition) is 4. The van der Waals surface area contributed by atoms with E-state index in [4.69, 9.17) is 0 Å². The Kier molecular flexibility index (Phi) is 8.00. The number of carbonyl (C=O) groups excluding carboxylic acids is 1. The van der Waals surface area contributed by atoms with Crippen LogP contribution in [0.4, 0.5) is 5.69 Å². The predicted octanol–water partition coefficient (Wildman–Crippen LogP) is 1.55. The van der Waals surface area contributed by atoms with Gasteiger partial charge in [-0.25, -0.2) is 0 Å². The van der Waals surface area contributed by atoms with Gasteiger partial charge in [0.05, 0.1) is 18.4 Å². The van der Waals surface area contributed by atoms with E-state index in [-0.39, 0.29) is 5.91 Å². The topological polar surface area (TPSA) is 62.2 Å². The lowest BCUT2D eigenvalue weighted by atomic mass is 10.3. The van der Waals surface area contributed by atoms with Crippen LogP contribution < -0.4 is 10.6 Å². The van der Waals surface area contributed by atoms with Crippen molar-refractivity contribution < 1.29 is 4.79 Å². The first-order chi connectivity index (χ1) is 10.0. The van der Waals surface area contributed by atoms with Gasteiger partial charge in [-0.1, -0.05) is 27.7 Å². The number of carbonyl (C=O) groups is 1. The van der Waals surface area contributed by atoms with Gasteiger partial charge in [0.2, 0.25) is 5.91 Å². The number of hydrogen-bond donors (Lipinski definition) is 2. The van der Waals surface area contributed by atoms with E-state index in [0.29, 0.717) is 19.0 Å². The van der Waals surface area contributed by atoms with Crippen molar-refractivity contribution in [2.45, 2.75) is 46.7 Å². The third-order valence-electron chi connectivity index (χ3n) is 3.36. The van der Waals surface area contributed by atoms with Crippen molar-refractivity contribution in [1.29, 1.82) is 0 Å². The molecule has 0 aliphatic carbocycles. The number of rotatable bonds is 10. The number of amides is 1. The largest absolute Gasteiger partial charge is 0.323 e. The number of nitrogens with one attached hydrogen (secondary N) is 2. The first-order valence-electron chi connectivity index (χ1n) is 7.83. The van der Waals surface area contributed by atoms with E-state index in [2.05, 4.69) is 48.3 Å². The van der Waals surface area contributed by atoms with Crippen LogP contribution in [0.2, 0.25) is 0 Å². The Morgan fingerprint density at radius 1 is 1.38 bits per heavy atom. The van der Waals surface area contributed by atoms with E-state index in [0.717, 1.165) is 31.9 Å². The molecule has 1 aromatic heterocycles. The van der Waals surface area contributed by atoms with Gasteiger partial charge in [0, 0.05) is 31.7 Å². The van der Waals surface area contributed by atoms with Gasteiger partial charge in [-0.05, 0) is 13.1 Å². The Morgan fingerprint density at radius 2 is 2.10 bits per heavy atom. The zero-order valence-corrected chi connectivity index (χ0v) is 13.7. The molecule has 0 fully saturated rings. The summed E-state index contributed by atoms with van der Waals surface area (Å²) in [6.07, 6.45) is 4.07. The third kappa shape index (κ3) is 7.24. The Balaban J connectivity index is 2.32. The van der Waals surface area contributed by atoms with Crippen LogP contribution in [0.5, 0.6) is 0 Å². The average Bonchev–Trinajstić information content (AvgIpc) is 2.87. The van der Waals surface area contributed by atoms with Crippen LogP contribution >= 0.6 is 0 Å². The highest BCUT2D eigenvalue weighted by Gasteiger charge is 2.06. The first-order valence-corrected chi connectivity index (χ1v) is 7.83. The number of nitrogens with zero attached hydrogens (tertiary/aromatic N) is 3. The molecule has 0 unspecified atom stereocenters. The molecule has 6 nitrogen and oxygen atoms in total. The summed E-state index contributed by atoms with van der Waals surface area (Å²) in [5.74, 6) is 0.0199. The Morgan fingerprint density at radius 3 is 2.71 bits per heavy atom. The monoisotopic (exact) mass is 295 g/mol. The highest BCUT2D eigenvalue weighted by molar-refractivity contribution is 5.90. The standard InChI is InChI=1S/C15H29N5O/c1-5-19(6-2)9-10-20-12-14(11-17-20)18-15(21)7-8-16-13(3)4/h11-13,16H,5-10H2,1-4H3,(H,18,21). The van der Waals surface area contributed by atoms with E-state index in [1.807, 2.05) is 10.9 Å². The van der Waals surface area contributed by atoms with Crippen LogP contribution in [0.25, 0.3) is 0 Å². The molecule has 0 spiro atoms. The van der Waals surface area contributed by atoms with Gasteiger partial charge in [0.25, 0.3) is 0 Å². The van der Waals surface area contributed by atoms with Crippen molar-refractivity contribution in [2.75, 3.05) is 31.5 Å². The molecule has 0 aromatic carbocycles. The van der Waals surface area contributed by atoms with Gasteiger partial charge < -0.3 is 15.5 Å². The lowest BCUT2D eigenvalue weighted by Gasteiger charge is -2.17. The quantitative estimate of drug-likeness (QED) is 0.687. The second-order valence-electron chi connectivity index (χ2n) is 5.43. The van der Waals surface area contributed by atoms with E-state index in [1.54, 1.807) is 6.20 Å². The summed E-state index contributed by atoms with van der Waals surface area (Å²) in [7, 11) is 0. The molecule has 0 aliphatic rings. The van der Waals surface area contributed by atoms with Crippen molar-refractivity contribution in [1.82, 2.24) is 20.0 Å². The third-order valence-corrected chi connectivity index (χ3v) is 3.36. The van der Waals surface area contributed by atoms with Crippen LogP contribution in [0.1, 0.15) is 34.1 Å². The molecular formula is C15H29N5O. The van der Waals surface area contributed by atoms with Crippen molar-refractivity contribution in [2.24, 2.45) is 0 Å². The fourth-order valence-corrected chi connectivity index (χ4v) is 2.03. The molecule has 0 atom stereocenters. The molecule has 1 heterocycles. The van der Waals surface area contributed by atoms with Gasteiger partial charge in [-0.15, -0.1) is 0 Å². The lowest BCUT2D eigenvalue weighted by Crippen LogP contribution is -2.27. The molecule has 0 saturated carbocycles. The maximum absolute atomic E-state index is 11.8.